The zero-order chi connectivity index (χ0) is 15.7. The molecule has 0 atom stereocenters. The second-order valence-electron chi connectivity index (χ2n) is 4.79. The van der Waals surface area contributed by atoms with E-state index in [4.69, 9.17) is 16.0 Å². The molecule has 3 aromatic rings. The highest BCUT2D eigenvalue weighted by Crippen LogP contribution is 2.34. The molecule has 0 aliphatic carbocycles. The summed E-state index contributed by atoms with van der Waals surface area (Å²) in [5.74, 6) is 1.09. The average molecular weight is 333 g/mol. The number of furan rings is 1. The van der Waals surface area contributed by atoms with Crippen molar-refractivity contribution >= 4 is 44.6 Å². The number of fused-ring (bicyclic) bond motifs is 1. The van der Waals surface area contributed by atoms with Crippen molar-refractivity contribution in [2.24, 2.45) is 5.10 Å². The molecule has 1 amide bonds. The minimum absolute atomic E-state index is 0.325. The lowest BCUT2D eigenvalue weighted by molar-refractivity contribution is 0.0959. The summed E-state index contributed by atoms with van der Waals surface area (Å²) < 4.78 is 6.42. The largest absolute Gasteiger partial charge is 0.460 e. The van der Waals surface area contributed by atoms with Crippen LogP contribution in [0.25, 0.3) is 10.1 Å². The lowest BCUT2D eigenvalue weighted by Gasteiger charge is -1.99. The Morgan fingerprint density at radius 3 is 2.73 bits per heavy atom. The molecule has 0 spiro atoms. The fraction of sp³-hybridized carbons (Fsp3) is 0.125. The molecule has 1 aromatic carbocycles. The van der Waals surface area contributed by atoms with Gasteiger partial charge in [-0.2, -0.15) is 5.10 Å². The van der Waals surface area contributed by atoms with E-state index >= 15 is 0 Å². The van der Waals surface area contributed by atoms with Gasteiger partial charge < -0.3 is 4.42 Å². The van der Waals surface area contributed by atoms with E-state index in [1.54, 1.807) is 6.92 Å². The van der Waals surface area contributed by atoms with Gasteiger partial charge in [0.1, 0.15) is 22.1 Å². The highest BCUT2D eigenvalue weighted by Gasteiger charge is 2.16. The predicted molar refractivity (Wildman–Crippen MR) is 90.0 cm³/mol. The Kier molecular flexibility index (Phi) is 4.00. The van der Waals surface area contributed by atoms with Gasteiger partial charge >= 0.3 is 0 Å². The number of aryl methyl sites for hydroxylation is 1. The topological polar surface area (TPSA) is 54.6 Å². The summed E-state index contributed by atoms with van der Waals surface area (Å²) in [6.07, 6.45) is 0. The standard InChI is InChI=1S/C16H13ClN2O2S/c1-9-7-8-12(21-9)10(2)18-19-16(20)15-14(17)11-5-3-4-6-13(11)22-15/h3-8H,1-2H3,(H,19,20). The van der Waals surface area contributed by atoms with Crippen molar-refractivity contribution in [1.29, 1.82) is 0 Å². The Labute approximate surface area is 136 Å². The fourth-order valence-electron chi connectivity index (χ4n) is 2.03. The van der Waals surface area contributed by atoms with E-state index in [1.165, 1.54) is 11.3 Å². The van der Waals surface area contributed by atoms with E-state index in [0.29, 0.717) is 21.4 Å². The van der Waals surface area contributed by atoms with Gasteiger partial charge in [-0.15, -0.1) is 11.3 Å². The second-order valence-corrected chi connectivity index (χ2v) is 6.22. The Bertz CT molecular complexity index is 879. The van der Waals surface area contributed by atoms with Crippen LogP contribution < -0.4 is 5.43 Å². The maximum absolute atomic E-state index is 12.3. The van der Waals surface area contributed by atoms with Crippen LogP contribution in [-0.2, 0) is 0 Å². The van der Waals surface area contributed by atoms with Crippen LogP contribution in [0.3, 0.4) is 0 Å². The van der Waals surface area contributed by atoms with Crippen LogP contribution in [0, 0.1) is 6.92 Å². The van der Waals surface area contributed by atoms with Crippen LogP contribution in [0.2, 0.25) is 5.02 Å². The van der Waals surface area contributed by atoms with E-state index in [9.17, 15) is 4.79 Å². The van der Waals surface area contributed by atoms with Gasteiger partial charge in [0.05, 0.1) is 5.02 Å². The number of amides is 1. The number of carbonyl (C=O) groups is 1. The number of rotatable bonds is 3. The van der Waals surface area contributed by atoms with Crippen LogP contribution in [0.4, 0.5) is 0 Å². The van der Waals surface area contributed by atoms with Gasteiger partial charge in [0.2, 0.25) is 0 Å². The first kappa shape index (κ1) is 14.8. The van der Waals surface area contributed by atoms with Crippen LogP contribution in [0.1, 0.15) is 28.1 Å². The Morgan fingerprint density at radius 1 is 1.27 bits per heavy atom. The van der Waals surface area contributed by atoms with Gasteiger partial charge in [0.15, 0.2) is 0 Å². The summed E-state index contributed by atoms with van der Waals surface area (Å²) in [5.41, 5.74) is 3.12. The Balaban J connectivity index is 1.83. The summed E-state index contributed by atoms with van der Waals surface area (Å²) >= 11 is 7.62. The van der Waals surface area contributed by atoms with E-state index in [2.05, 4.69) is 10.5 Å². The minimum Gasteiger partial charge on any atom is -0.460 e. The first-order valence-electron chi connectivity index (χ1n) is 6.64. The zero-order valence-electron chi connectivity index (χ0n) is 12.0. The van der Waals surface area contributed by atoms with E-state index in [1.807, 2.05) is 43.3 Å². The van der Waals surface area contributed by atoms with Gasteiger partial charge in [-0.25, -0.2) is 5.43 Å². The molecule has 112 valence electrons. The molecule has 0 aliphatic heterocycles. The third-order valence-corrected chi connectivity index (χ3v) is 4.84. The van der Waals surface area contributed by atoms with Crippen molar-refractivity contribution in [1.82, 2.24) is 5.43 Å². The molecule has 22 heavy (non-hydrogen) atoms. The number of thiophene rings is 1. The monoisotopic (exact) mass is 332 g/mol. The van der Waals surface area contributed by atoms with Gasteiger partial charge in [0, 0.05) is 10.1 Å². The number of nitrogens with one attached hydrogen (secondary N) is 1. The normalized spacial score (nSPS) is 11.9. The number of halogens is 1. The molecule has 6 heteroatoms. The first-order valence-corrected chi connectivity index (χ1v) is 7.84. The zero-order valence-corrected chi connectivity index (χ0v) is 13.6. The molecule has 4 nitrogen and oxygen atoms in total. The third-order valence-electron chi connectivity index (χ3n) is 3.16. The van der Waals surface area contributed by atoms with E-state index < -0.39 is 0 Å². The predicted octanol–water partition coefficient (Wildman–Crippen LogP) is 4.61. The van der Waals surface area contributed by atoms with Crippen molar-refractivity contribution in [3.05, 3.63) is 57.8 Å². The van der Waals surface area contributed by atoms with Gasteiger partial charge in [-0.3, -0.25) is 4.79 Å². The number of nitrogens with zero attached hydrogens (tertiary/aromatic N) is 1. The lowest BCUT2D eigenvalue weighted by atomic mass is 10.2. The molecule has 0 saturated carbocycles. The molecule has 0 radical (unpaired) electrons. The summed E-state index contributed by atoms with van der Waals surface area (Å²) in [6, 6.07) is 11.3. The molecule has 1 N–H and O–H groups in total. The smallest absolute Gasteiger partial charge is 0.283 e. The first-order chi connectivity index (χ1) is 10.6. The van der Waals surface area contributed by atoms with Crippen LogP contribution >= 0.6 is 22.9 Å². The second kappa shape index (κ2) is 5.94. The maximum atomic E-state index is 12.3. The number of carbonyl (C=O) groups excluding carboxylic acids is 1. The number of hydrogen-bond acceptors (Lipinski definition) is 4. The van der Waals surface area contributed by atoms with Crippen molar-refractivity contribution in [3.8, 4) is 0 Å². The van der Waals surface area contributed by atoms with Crippen molar-refractivity contribution in [2.75, 3.05) is 0 Å². The maximum Gasteiger partial charge on any atom is 0.283 e. The summed E-state index contributed by atoms with van der Waals surface area (Å²) in [6.45, 7) is 3.62. The average Bonchev–Trinajstić information content (AvgIpc) is 3.09. The number of benzene rings is 1. The molecule has 0 aliphatic rings. The molecule has 0 saturated heterocycles. The van der Waals surface area contributed by atoms with Crippen molar-refractivity contribution in [3.63, 3.8) is 0 Å². The van der Waals surface area contributed by atoms with Crippen LogP contribution in [0.5, 0.6) is 0 Å². The number of hydrazone groups is 1. The Morgan fingerprint density at radius 2 is 2.05 bits per heavy atom. The quantitative estimate of drug-likeness (QED) is 0.562. The third kappa shape index (κ3) is 2.77. The van der Waals surface area contributed by atoms with Gasteiger partial charge in [-0.05, 0) is 32.0 Å². The lowest BCUT2D eigenvalue weighted by Crippen LogP contribution is -2.18. The molecule has 0 fully saturated rings. The highest BCUT2D eigenvalue weighted by atomic mass is 35.5. The molecule has 0 bridgehead atoms. The molecule has 0 unspecified atom stereocenters. The van der Waals surface area contributed by atoms with Crippen molar-refractivity contribution in [2.45, 2.75) is 13.8 Å². The summed E-state index contributed by atoms with van der Waals surface area (Å²) in [5, 5.41) is 5.40. The van der Waals surface area contributed by atoms with E-state index in [0.717, 1.165) is 15.8 Å². The SMILES string of the molecule is CC(=NNC(=O)c1sc2ccccc2c1Cl)c1ccc(C)o1. The van der Waals surface area contributed by atoms with E-state index in [-0.39, 0.29) is 5.91 Å². The highest BCUT2D eigenvalue weighted by molar-refractivity contribution is 7.21. The fourth-order valence-corrected chi connectivity index (χ4v) is 3.44. The van der Waals surface area contributed by atoms with Crippen LogP contribution in [0.15, 0.2) is 45.9 Å². The molecule has 2 heterocycles. The Hall–Kier alpha value is -2.11. The van der Waals surface area contributed by atoms with Gasteiger partial charge in [-0.1, -0.05) is 29.8 Å². The molecular weight excluding hydrogens is 320 g/mol. The molecule has 3 rings (SSSR count). The van der Waals surface area contributed by atoms with Crippen LogP contribution in [-0.4, -0.2) is 11.6 Å². The minimum atomic E-state index is -0.325. The van der Waals surface area contributed by atoms with Gasteiger partial charge in [0.25, 0.3) is 5.91 Å². The molecular formula is C16H13ClN2O2S. The summed E-state index contributed by atoms with van der Waals surface area (Å²) in [4.78, 5) is 12.7. The van der Waals surface area contributed by atoms with Crippen molar-refractivity contribution < 1.29 is 9.21 Å². The summed E-state index contributed by atoms with van der Waals surface area (Å²) in [7, 11) is 0. The molecule has 2 aromatic heterocycles. The number of hydrogen-bond donors (Lipinski definition) is 1.